The normalized spacial score (nSPS) is 15.1. The van der Waals surface area contributed by atoms with Gasteiger partial charge in [-0.1, -0.05) is 89.7 Å². The van der Waals surface area contributed by atoms with Crippen LogP contribution in [0.3, 0.4) is 0 Å². The van der Waals surface area contributed by atoms with E-state index in [9.17, 15) is 22.8 Å². The lowest BCUT2D eigenvalue weighted by molar-refractivity contribution is -0.140. The number of hydrogen-bond donors (Lipinski definition) is 0. The van der Waals surface area contributed by atoms with Crippen LogP contribution in [0.2, 0.25) is 5.02 Å². The van der Waals surface area contributed by atoms with Crippen molar-refractivity contribution in [1.82, 2.24) is 4.57 Å². The van der Waals surface area contributed by atoms with Crippen molar-refractivity contribution in [2.45, 2.75) is 25.7 Å². The Bertz CT molecular complexity index is 2110. The third-order valence-electron chi connectivity index (χ3n) is 7.23. The molecule has 1 aliphatic heterocycles. The highest BCUT2D eigenvalue weighted by Gasteiger charge is 2.45. The minimum absolute atomic E-state index is 0.142. The average Bonchev–Trinajstić information content (AvgIpc) is 3.34. The summed E-state index contributed by atoms with van der Waals surface area (Å²) in [5.41, 5.74) is -0.854. The molecule has 0 aliphatic carbocycles. The predicted molar refractivity (Wildman–Crippen MR) is 167 cm³/mol. The quantitative estimate of drug-likeness (QED) is 0.184. The lowest BCUT2D eigenvalue weighted by Gasteiger charge is -2.26. The van der Waals surface area contributed by atoms with Gasteiger partial charge < -0.3 is 9.47 Å². The topological polar surface area (TPSA) is 69.9 Å². The maximum absolute atomic E-state index is 14.3. The van der Waals surface area contributed by atoms with Gasteiger partial charge in [-0.2, -0.15) is 13.2 Å². The molecule has 0 N–H and O–H groups in total. The number of halogens is 4. The van der Waals surface area contributed by atoms with Crippen molar-refractivity contribution in [3.63, 3.8) is 0 Å². The molecule has 0 fully saturated rings. The summed E-state index contributed by atoms with van der Waals surface area (Å²) < 4.78 is 55.1. The summed E-state index contributed by atoms with van der Waals surface area (Å²) in [4.78, 5) is 30.3. The molecule has 2 heterocycles. The Kier molecular flexibility index (Phi) is 8.35. The highest BCUT2D eigenvalue weighted by molar-refractivity contribution is 7.07. The number of benzene rings is 4. The monoisotopic (exact) mass is 648 g/mol. The summed E-state index contributed by atoms with van der Waals surface area (Å²) in [5.74, 6) is -0.597. The first-order valence-corrected chi connectivity index (χ1v) is 15.1. The number of esters is 1. The van der Waals surface area contributed by atoms with E-state index in [1.165, 1.54) is 31.2 Å². The van der Waals surface area contributed by atoms with E-state index in [4.69, 9.17) is 21.1 Å². The summed E-state index contributed by atoms with van der Waals surface area (Å²) in [6.45, 7) is 1.68. The van der Waals surface area contributed by atoms with Crippen molar-refractivity contribution in [2.24, 2.45) is 4.99 Å². The van der Waals surface area contributed by atoms with Gasteiger partial charge in [-0.3, -0.25) is 9.36 Å². The molecule has 5 aromatic rings. The summed E-state index contributed by atoms with van der Waals surface area (Å²) in [6, 6.07) is 25.5. The number of rotatable bonds is 7. The zero-order valence-electron chi connectivity index (χ0n) is 23.7. The fourth-order valence-electron chi connectivity index (χ4n) is 5.19. The first kappa shape index (κ1) is 30.4. The molecule has 0 unspecified atom stereocenters. The molecule has 0 saturated carbocycles. The van der Waals surface area contributed by atoms with Gasteiger partial charge in [-0.05, 0) is 64.7 Å². The molecule has 228 valence electrons. The number of thiazole rings is 1. The SMILES string of the molecule is CCOC(=O)C1=C(C(F)(F)F)N=c2s/c(=C\c3ccc(OCc4cccc5ccccc45)cc3)c(=O)n2[C@H]1c1ccc(Cl)cc1. The molecule has 4 aromatic carbocycles. The van der Waals surface area contributed by atoms with Crippen LogP contribution in [0.4, 0.5) is 13.2 Å². The highest BCUT2D eigenvalue weighted by Crippen LogP contribution is 2.38. The highest BCUT2D eigenvalue weighted by atomic mass is 35.5. The minimum Gasteiger partial charge on any atom is -0.489 e. The van der Waals surface area contributed by atoms with Gasteiger partial charge in [0.15, 0.2) is 10.5 Å². The second kappa shape index (κ2) is 12.4. The Morgan fingerprint density at radius 2 is 1.71 bits per heavy atom. The second-order valence-corrected chi connectivity index (χ2v) is 11.6. The predicted octanol–water partition coefficient (Wildman–Crippen LogP) is 6.73. The van der Waals surface area contributed by atoms with Crippen molar-refractivity contribution in [1.29, 1.82) is 0 Å². The molecule has 0 saturated heterocycles. The molecule has 11 heteroatoms. The summed E-state index contributed by atoms with van der Waals surface area (Å²) in [6.07, 6.45) is -3.41. The molecule has 1 aliphatic rings. The summed E-state index contributed by atoms with van der Waals surface area (Å²) in [7, 11) is 0. The van der Waals surface area contributed by atoms with E-state index in [1.54, 1.807) is 30.3 Å². The fourth-order valence-corrected chi connectivity index (χ4v) is 6.32. The zero-order valence-corrected chi connectivity index (χ0v) is 25.2. The first-order valence-electron chi connectivity index (χ1n) is 13.9. The number of carbonyl (C=O) groups is 1. The fraction of sp³-hybridized carbons (Fsp3) is 0.147. The van der Waals surface area contributed by atoms with Crippen LogP contribution in [0.1, 0.15) is 29.7 Å². The molecule has 0 bridgehead atoms. The largest absolute Gasteiger partial charge is 0.489 e. The summed E-state index contributed by atoms with van der Waals surface area (Å²) in [5, 5.41) is 2.56. The lowest BCUT2D eigenvalue weighted by atomic mass is 9.95. The zero-order chi connectivity index (χ0) is 31.7. The second-order valence-electron chi connectivity index (χ2n) is 10.1. The Morgan fingerprint density at radius 3 is 2.42 bits per heavy atom. The van der Waals surface area contributed by atoms with E-state index >= 15 is 0 Å². The van der Waals surface area contributed by atoms with Crippen LogP contribution >= 0.6 is 22.9 Å². The Balaban J connectivity index is 1.37. The van der Waals surface area contributed by atoms with Crippen molar-refractivity contribution in [3.8, 4) is 5.75 Å². The number of hydrogen-bond acceptors (Lipinski definition) is 6. The molecule has 0 amide bonds. The van der Waals surface area contributed by atoms with Crippen molar-refractivity contribution in [3.05, 3.63) is 144 Å². The van der Waals surface area contributed by atoms with E-state index in [2.05, 4.69) is 4.99 Å². The van der Waals surface area contributed by atoms with Gasteiger partial charge >= 0.3 is 12.1 Å². The molecule has 0 radical (unpaired) electrons. The van der Waals surface area contributed by atoms with Crippen LogP contribution in [0, 0.1) is 0 Å². The van der Waals surface area contributed by atoms with Crippen LogP contribution in [0.15, 0.2) is 112 Å². The number of carbonyl (C=O) groups excluding carboxylic acids is 1. The van der Waals surface area contributed by atoms with Crippen molar-refractivity contribution < 1.29 is 27.4 Å². The first-order chi connectivity index (χ1) is 21.6. The van der Waals surface area contributed by atoms with Gasteiger partial charge in [0.05, 0.1) is 22.8 Å². The number of aromatic nitrogens is 1. The van der Waals surface area contributed by atoms with Gasteiger partial charge in [-0.15, -0.1) is 0 Å². The van der Waals surface area contributed by atoms with Gasteiger partial charge in [0.25, 0.3) is 5.56 Å². The molecule has 6 nitrogen and oxygen atoms in total. The number of allylic oxidation sites excluding steroid dienone is 1. The van der Waals surface area contributed by atoms with Gasteiger partial charge in [0, 0.05) is 5.02 Å². The Hall–Kier alpha value is -4.67. The van der Waals surface area contributed by atoms with E-state index in [0.717, 1.165) is 32.2 Å². The molecule has 1 aromatic heterocycles. The molecule has 45 heavy (non-hydrogen) atoms. The van der Waals surface area contributed by atoms with Crippen LogP contribution in [0.25, 0.3) is 16.8 Å². The number of nitrogens with zero attached hydrogens (tertiary/aromatic N) is 2. The van der Waals surface area contributed by atoms with Crippen LogP contribution in [0.5, 0.6) is 5.75 Å². The third kappa shape index (κ3) is 6.16. The molecular weight excluding hydrogens is 625 g/mol. The number of fused-ring (bicyclic) bond motifs is 2. The van der Waals surface area contributed by atoms with Crippen molar-refractivity contribution >= 4 is 45.8 Å². The maximum atomic E-state index is 14.3. The molecule has 1 atom stereocenters. The Labute approximate surface area is 263 Å². The van der Waals surface area contributed by atoms with E-state index in [0.29, 0.717) is 22.9 Å². The Morgan fingerprint density at radius 1 is 1.00 bits per heavy atom. The third-order valence-corrected chi connectivity index (χ3v) is 8.47. The van der Waals surface area contributed by atoms with E-state index in [-0.39, 0.29) is 21.5 Å². The smallest absolute Gasteiger partial charge is 0.434 e. The van der Waals surface area contributed by atoms with E-state index < -0.39 is 35.0 Å². The summed E-state index contributed by atoms with van der Waals surface area (Å²) >= 11 is 6.83. The van der Waals surface area contributed by atoms with Gasteiger partial charge in [-0.25, -0.2) is 9.79 Å². The van der Waals surface area contributed by atoms with Crippen LogP contribution in [-0.4, -0.2) is 23.3 Å². The van der Waals surface area contributed by atoms with Crippen LogP contribution in [-0.2, 0) is 16.1 Å². The molecule has 0 spiro atoms. The number of ether oxygens (including phenoxy) is 2. The van der Waals surface area contributed by atoms with Gasteiger partial charge in [0.2, 0.25) is 0 Å². The molecular formula is C34H24ClF3N2O4S. The number of alkyl halides is 3. The van der Waals surface area contributed by atoms with Gasteiger partial charge in [0.1, 0.15) is 12.4 Å². The average molecular weight is 649 g/mol. The lowest BCUT2D eigenvalue weighted by Crippen LogP contribution is -2.41. The van der Waals surface area contributed by atoms with E-state index in [1.807, 2.05) is 42.5 Å². The molecule has 6 rings (SSSR count). The minimum atomic E-state index is -4.98. The standard InChI is InChI=1S/C34H24ClF3N2O4S/c1-2-43-32(42)28-29(22-12-14-24(35)15-13-22)40-31(41)27(45-33(40)39-30(28)34(36,37)38)18-20-10-16-25(17-11-20)44-19-23-8-5-7-21-6-3-4-9-26(21)23/h3-18,29H,2,19H2,1H3/b27-18-/t29-/m0/s1. The van der Waals surface area contributed by atoms with Crippen molar-refractivity contribution in [2.75, 3.05) is 6.61 Å². The maximum Gasteiger partial charge on any atom is 0.434 e. The van der Waals surface area contributed by atoms with Crippen LogP contribution < -0.4 is 19.6 Å².